The fourth-order valence-electron chi connectivity index (χ4n) is 1.89. The SMILES string of the molecule is COCCCNCCN1CCCCC1. The van der Waals surface area contributed by atoms with Crippen molar-refractivity contribution in [3.8, 4) is 0 Å². The average Bonchev–Trinajstić information content (AvgIpc) is 2.25. The summed E-state index contributed by atoms with van der Waals surface area (Å²) in [6, 6.07) is 0. The molecule has 0 atom stereocenters. The van der Waals surface area contributed by atoms with Crippen LogP contribution >= 0.6 is 0 Å². The van der Waals surface area contributed by atoms with Crippen LogP contribution in [0.25, 0.3) is 0 Å². The third-order valence-corrected chi connectivity index (χ3v) is 2.76. The van der Waals surface area contributed by atoms with Gasteiger partial charge in [0.2, 0.25) is 0 Å². The Labute approximate surface area is 87.8 Å². The Kier molecular flexibility index (Phi) is 7.01. The maximum atomic E-state index is 4.99. The van der Waals surface area contributed by atoms with E-state index in [0.717, 1.165) is 26.1 Å². The summed E-state index contributed by atoms with van der Waals surface area (Å²) in [5, 5.41) is 3.45. The average molecular weight is 200 g/mol. The summed E-state index contributed by atoms with van der Waals surface area (Å²) in [5.74, 6) is 0. The number of likely N-dealkylation sites (tertiary alicyclic amines) is 1. The van der Waals surface area contributed by atoms with Gasteiger partial charge in [0, 0.05) is 26.8 Å². The van der Waals surface area contributed by atoms with Crippen LogP contribution in [0, 0.1) is 0 Å². The molecule has 0 aliphatic carbocycles. The molecule has 0 amide bonds. The number of rotatable bonds is 7. The van der Waals surface area contributed by atoms with Gasteiger partial charge in [-0.1, -0.05) is 6.42 Å². The molecule has 0 radical (unpaired) electrons. The minimum absolute atomic E-state index is 0.872. The summed E-state index contributed by atoms with van der Waals surface area (Å²) in [6.07, 6.45) is 5.33. The van der Waals surface area contributed by atoms with Crippen LogP contribution in [0.5, 0.6) is 0 Å². The van der Waals surface area contributed by atoms with Gasteiger partial charge in [0.05, 0.1) is 0 Å². The Bertz CT molecular complexity index is 124. The van der Waals surface area contributed by atoms with Gasteiger partial charge in [-0.15, -0.1) is 0 Å². The fraction of sp³-hybridized carbons (Fsp3) is 1.00. The van der Waals surface area contributed by atoms with E-state index in [2.05, 4.69) is 10.2 Å². The zero-order valence-electron chi connectivity index (χ0n) is 9.43. The number of hydrogen-bond acceptors (Lipinski definition) is 3. The van der Waals surface area contributed by atoms with Gasteiger partial charge in [-0.3, -0.25) is 0 Å². The van der Waals surface area contributed by atoms with Crippen molar-refractivity contribution in [1.82, 2.24) is 10.2 Å². The molecule has 1 fully saturated rings. The molecule has 3 heteroatoms. The van der Waals surface area contributed by atoms with Crippen molar-refractivity contribution in [3.05, 3.63) is 0 Å². The molecule has 3 nitrogen and oxygen atoms in total. The highest BCUT2D eigenvalue weighted by Gasteiger charge is 2.08. The number of nitrogens with zero attached hydrogens (tertiary/aromatic N) is 1. The normalized spacial score (nSPS) is 18.6. The highest BCUT2D eigenvalue weighted by molar-refractivity contribution is 4.65. The standard InChI is InChI=1S/C11H24N2O/c1-14-11-5-6-12-7-10-13-8-3-2-4-9-13/h12H,2-11H2,1H3. The molecule has 0 aromatic heterocycles. The van der Waals surface area contributed by atoms with Gasteiger partial charge < -0.3 is 15.0 Å². The second kappa shape index (κ2) is 8.21. The minimum atomic E-state index is 0.872. The topological polar surface area (TPSA) is 24.5 Å². The Hall–Kier alpha value is -0.120. The molecule has 0 aromatic rings. The first-order valence-electron chi connectivity index (χ1n) is 5.85. The Morgan fingerprint density at radius 1 is 1.14 bits per heavy atom. The fourth-order valence-corrected chi connectivity index (χ4v) is 1.89. The quantitative estimate of drug-likeness (QED) is 0.623. The van der Waals surface area contributed by atoms with E-state index in [1.54, 1.807) is 7.11 Å². The summed E-state index contributed by atoms with van der Waals surface area (Å²) in [5.41, 5.74) is 0. The molecule has 0 unspecified atom stereocenters. The minimum Gasteiger partial charge on any atom is -0.385 e. The van der Waals surface area contributed by atoms with Gasteiger partial charge in [0.1, 0.15) is 0 Å². The van der Waals surface area contributed by atoms with Crippen molar-refractivity contribution < 1.29 is 4.74 Å². The Morgan fingerprint density at radius 3 is 2.64 bits per heavy atom. The zero-order valence-corrected chi connectivity index (χ0v) is 9.43. The van der Waals surface area contributed by atoms with E-state index < -0.39 is 0 Å². The van der Waals surface area contributed by atoms with E-state index in [4.69, 9.17) is 4.74 Å². The summed E-state index contributed by atoms with van der Waals surface area (Å²) in [6.45, 7) is 6.91. The van der Waals surface area contributed by atoms with Crippen LogP contribution in [0.1, 0.15) is 25.7 Å². The third kappa shape index (κ3) is 5.58. The number of piperidine rings is 1. The maximum absolute atomic E-state index is 4.99. The summed E-state index contributed by atoms with van der Waals surface area (Å²) >= 11 is 0. The first kappa shape index (κ1) is 12.0. The summed E-state index contributed by atoms with van der Waals surface area (Å²) < 4.78 is 4.99. The second-order valence-corrected chi connectivity index (χ2v) is 4.00. The molecule has 0 bridgehead atoms. The van der Waals surface area contributed by atoms with Crippen LogP contribution in [-0.4, -0.2) is 51.3 Å². The molecule has 84 valence electrons. The van der Waals surface area contributed by atoms with Crippen LogP contribution < -0.4 is 5.32 Å². The van der Waals surface area contributed by atoms with Crippen LogP contribution in [0.15, 0.2) is 0 Å². The highest BCUT2D eigenvalue weighted by Crippen LogP contribution is 2.07. The molecule has 1 saturated heterocycles. The molecule has 1 aliphatic rings. The van der Waals surface area contributed by atoms with E-state index in [9.17, 15) is 0 Å². The largest absolute Gasteiger partial charge is 0.385 e. The number of ether oxygens (including phenoxy) is 1. The number of hydrogen-bond donors (Lipinski definition) is 1. The number of methoxy groups -OCH3 is 1. The third-order valence-electron chi connectivity index (χ3n) is 2.76. The molecule has 1 aliphatic heterocycles. The summed E-state index contributed by atoms with van der Waals surface area (Å²) in [4.78, 5) is 2.56. The van der Waals surface area contributed by atoms with Crippen molar-refractivity contribution >= 4 is 0 Å². The van der Waals surface area contributed by atoms with E-state index in [0.29, 0.717) is 0 Å². The van der Waals surface area contributed by atoms with Crippen LogP contribution in [0.2, 0.25) is 0 Å². The monoisotopic (exact) mass is 200 g/mol. The predicted octanol–water partition coefficient (Wildman–Crippen LogP) is 1.10. The van der Waals surface area contributed by atoms with Gasteiger partial charge in [-0.05, 0) is 38.9 Å². The molecule has 0 aromatic carbocycles. The molecular formula is C11H24N2O. The molecule has 1 N–H and O–H groups in total. The van der Waals surface area contributed by atoms with Gasteiger partial charge in [0.15, 0.2) is 0 Å². The molecule has 0 spiro atoms. The second-order valence-electron chi connectivity index (χ2n) is 4.00. The first-order chi connectivity index (χ1) is 6.93. The smallest absolute Gasteiger partial charge is 0.0474 e. The lowest BCUT2D eigenvalue weighted by Gasteiger charge is -2.26. The van der Waals surface area contributed by atoms with Crippen LogP contribution in [0.4, 0.5) is 0 Å². The van der Waals surface area contributed by atoms with E-state index >= 15 is 0 Å². The molecule has 1 heterocycles. The maximum Gasteiger partial charge on any atom is 0.0474 e. The van der Waals surface area contributed by atoms with Gasteiger partial charge in [-0.25, -0.2) is 0 Å². The van der Waals surface area contributed by atoms with Gasteiger partial charge in [-0.2, -0.15) is 0 Å². The highest BCUT2D eigenvalue weighted by atomic mass is 16.5. The lowest BCUT2D eigenvalue weighted by Crippen LogP contribution is -2.36. The lowest BCUT2D eigenvalue weighted by atomic mass is 10.1. The summed E-state index contributed by atoms with van der Waals surface area (Å²) in [7, 11) is 1.76. The Morgan fingerprint density at radius 2 is 1.93 bits per heavy atom. The number of nitrogens with one attached hydrogen (secondary N) is 1. The molecule has 14 heavy (non-hydrogen) atoms. The van der Waals surface area contributed by atoms with Crippen molar-refractivity contribution in [2.24, 2.45) is 0 Å². The molecular weight excluding hydrogens is 176 g/mol. The van der Waals surface area contributed by atoms with Crippen molar-refractivity contribution in [2.45, 2.75) is 25.7 Å². The van der Waals surface area contributed by atoms with E-state index in [1.165, 1.54) is 38.9 Å². The zero-order chi connectivity index (χ0) is 10.1. The first-order valence-corrected chi connectivity index (χ1v) is 5.85. The van der Waals surface area contributed by atoms with E-state index in [-0.39, 0.29) is 0 Å². The van der Waals surface area contributed by atoms with Crippen LogP contribution in [0.3, 0.4) is 0 Å². The van der Waals surface area contributed by atoms with Gasteiger partial charge >= 0.3 is 0 Å². The van der Waals surface area contributed by atoms with E-state index in [1.807, 2.05) is 0 Å². The van der Waals surface area contributed by atoms with Crippen molar-refractivity contribution in [1.29, 1.82) is 0 Å². The van der Waals surface area contributed by atoms with Gasteiger partial charge in [0.25, 0.3) is 0 Å². The molecule has 1 rings (SSSR count). The lowest BCUT2D eigenvalue weighted by molar-refractivity contribution is 0.192. The van der Waals surface area contributed by atoms with Crippen molar-refractivity contribution in [3.63, 3.8) is 0 Å². The van der Waals surface area contributed by atoms with Crippen molar-refractivity contribution in [2.75, 3.05) is 46.4 Å². The Balaban J connectivity index is 1.82. The molecule has 0 saturated carbocycles. The van der Waals surface area contributed by atoms with Crippen LogP contribution in [-0.2, 0) is 4.74 Å². The predicted molar refractivity (Wildman–Crippen MR) is 59.7 cm³/mol.